The monoisotopic (exact) mass is 373 g/mol. The third-order valence-electron chi connectivity index (χ3n) is 5.05. The first-order chi connectivity index (χ1) is 13.8. The molecule has 1 aromatic carbocycles. The summed E-state index contributed by atoms with van der Waals surface area (Å²) < 4.78 is 6.85. The van der Waals surface area contributed by atoms with E-state index in [0.29, 0.717) is 12.1 Å². The Balaban J connectivity index is 1.38. The van der Waals surface area contributed by atoms with Crippen LogP contribution in [0.2, 0.25) is 0 Å². The summed E-state index contributed by atoms with van der Waals surface area (Å²) in [7, 11) is 0. The number of carbonyl (C=O) groups is 1. The molecule has 0 saturated carbocycles. The van der Waals surface area contributed by atoms with E-state index in [2.05, 4.69) is 26.4 Å². The van der Waals surface area contributed by atoms with Crippen molar-refractivity contribution in [2.75, 3.05) is 18.0 Å². The lowest BCUT2D eigenvalue weighted by atomic mass is 10.1. The molecule has 7 nitrogen and oxygen atoms in total. The Hall–Kier alpha value is -3.61. The van der Waals surface area contributed by atoms with Crippen molar-refractivity contribution < 1.29 is 9.21 Å². The number of anilines is 1. The zero-order valence-corrected chi connectivity index (χ0v) is 15.2. The molecule has 4 aromatic rings. The van der Waals surface area contributed by atoms with Crippen LogP contribution in [0.15, 0.2) is 71.8 Å². The summed E-state index contributed by atoms with van der Waals surface area (Å²) in [5.41, 5.74) is 3.49. The molecule has 1 aliphatic rings. The molecule has 1 saturated heterocycles. The highest BCUT2D eigenvalue weighted by atomic mass is 16.3. The Morgan fingerprint density at radius 3 is 2.93 bits per heavy atom. The maximum atomic E-state index is 12.3. The first kappa shape index (κ1) is 16.6. The van der Waals surface area contributed by atoms with Gasteiger partial charge in [-0.05, 0) is 18.6 Å². The Morgan fingerprint density at radius 1 is 1.21 bits per heavy atom. The predicted molar refractivity (Wildman–Crippen MR) is 105 cm³/mol. The third-order valence-corrected chi connectivity index (χ3v) is 5.05. The Kier molecular flexibility index (Phi) is 4.05. The Bertz CT molecular complexity index is 1100. The average molecular weight is 373 g/mol. The number of amides is 1. The molecular weight excluding hydrogens is 354 g/mol. The van der Waals surface area contributed by atoms with Crippen molar-refractivity contribution in [3.8, 4) is 11.3 Å². The van der Waals surface area contributed by atoms with Crippen LogP contribution in [-0.2, 0) is 0 Å². The number of furan rings is 1. The van der Waals surface area contributed by atoms with E-state index in [1.54, 1.807) is 12.3 Å². The molecule has 1 fully saturated rings. The van der Waals surface area contributed by atoms with Gasteiger partial charge in [-0.1, -0.05) is 30.3 Å². The van der Waals surface area contributed by atoms with E-state index < -0.39 is 0 Å². The highest BCUT2D eigenvalue weighted by Gasteiger charge is 2.27. The van der Waals surface area contributed by atoms with Gasteiger partial charge in [-0.25, -0.2) is 9.50 Å². The molecular formula is C21H19N5O2. The number of carbonyl (C=O) groups excluding carboxylic acids is 1. The maximum Gasteiger partial charge on any atom is 0.254 e. The second-order valence-corrected chi connectivity index (χ2v) is 6.89. The van der Waals surface area contributed by atoms with Crippen molar-refractivity contribution in [2.24, 2.45) is 0 Å². The van der Waals surface area contributed by atoms with E-state index in [4.69, 9.17) is 4.42 Å². The van der Waals surface area contributed by atoms with Crippen molar-refractivity contribution in [2.45, 2.75) is 12.5 Å². The SMILES string of the molecule is O=C(N[C@@H]1CCN(c2nccn3nc(-c4ccccc4)cc23)C1)c1ccoc1. The first-order valence-corrected chi connectivity index (χ1v) is 9.26. The van der Waals surface area contributed by atoms with Gasteiger partial charge >= 0.3 is 0 Å². The topological polar surface area (TPSA) is 75.7 Å². The number of rotatable bonds is 4. The van der Waals surface area contributed by atoms with Crippen LogP contribution >= 0.6 is 0 Å². The molecule has 1 aliphatic heterocycles. The van der Waals surface area contributed by atoms with Gasteiger partial charge in [-0.2, -0.15) is 5.10 Å². The minimum atomic E-state index is -0.109. The summed E-state index contributed by atoms with van der Waals surface area (Å²) in [6.45, 7) is 1.54. The summed E-state index contributed by atoms with van der Waals surface area (Å²) in [6.07, 6.45) is 7.46. The average Bonchev–Trinajstić information content (AvgIpc) is 3.48. The van der Waals surface area contributed by atoms with Crippen LogP contribution in [0.5, 0.6) is 0 Å². The van der Waals surface area contributed by atoms with Crippen LogP contribution < -0.4 is 10.2 Å². The summed E-state index contributed by atoms with van der Waals surface area (Å²) in [5.74, 6) is 0.778. The predicted octanol–water partition coefficient (Wildman–Crippen LogP) is 3.00. The van der Waals surface area contributed by atoms with Crippen LogP contribution in [0.4, 0.5) is 5.82 Å². The van der Waals surface area contributed by atoms with Gasteiger partial charge in [0.05, 0.1) is 17.5 Å². The molecule has 7 heteroatoms. The lowest BCUT2D eigenvalue weighted by molar-refractivity contribution is 0.0939. The summed E-state index contributed by atoms with van der Waals surface area (Å²) in [6, 6.07) is 13.9. The van der Waals surface area contributed by atoms with E-state index >= 15 is 0 Å². The number of aromatic nitrogens is 3. The summed E-state index contributed by atoms with van der Waals surface area (Å²) in [5, 5.41) is 7.76. The van der Waals surface area contributed by atoms with E-state index in [-0.39, 0.29) is 11.9 Å². The molecule has 28 heavy (non-hydrogen) atoms. The molecule has 0 unspecified atom stereocenters. The number of hydrogen-bond donors (Lipinski definition) is 1. The molecule has 0 spiro atoms. The smallest absolute Gasteiger partial charge is 0.254 e. The van der Waals surface area contributed by atoms with Crippen LogP contribution in [0.3, 0.4) is 0 Å². The maximum absolute atomic E-state index is 12.3. The molecule has 3 aromatic heterocycles. The van der Waals surface area contributed by atoms with Gasteiger partial charge in [0.2, 0.25) is 0 Å². The fourth-order valence-electron chi connectivity index (χ4n) is 3.63. The second-order valence-electron chi connectivity index (χ2n) is 6.89. The van der Waals surface area contributed by atoms with Gasteiger partial charge < -0.3 is 14.6 Å². The zero-order chi connectivity index (χ0) is 18.9. The zero-order valence-electron chi connectivity index (χ0n) is 15.2. The van der Waals surface area contributed by atoms with Crippen LogP contribution in [0.1, 0.15) is 16.8 Å². The van der Waals surface area contributed by atoms with E-state index in [0.717, 1.165) is 35.6 Å². The molecule has 5 rings (SSSR count). The highest BCUT2D eigenvalue weighted by Crippen LogP contribution is 2.27. The molecule has 1 amide bonds. The Morgan fingerprint density at radius 2 is 2.11 bits per heavy atom. The van der Waals surface area contributed by atoms with E-state index in [1.807, 2.05) is 41.0 Å². The first-order valence-electron chi connectivity index (χ1n) is 9.26. The molecule has 140 valence electrons. The van der Waals surface area contributed by atoms with Gasteiger partial charge in [0.25, 0.3) is 5.91 Å². The fourth-order valence-corrected chi connectivity index (χ4v) is 3.63. The molecule has 0 bridgehead atoms. The normalized spacial score (nSPS) is 16.6. The van der Waals surface area contributed by atoms with Gasteiger partial charge in [0, 0.05) is 37.1 Å². The van der Waals surface area contributed by atoms with Crippen molar-refractivity contribution in [1.29, 1.82) is 0 Å². The van der Waals surface area contributed by atoms with E-state index in [1.165, 1.54) is 12.5 Å². The highest BCUT2D eigenvalue weighted by molar-refractivity contribution is 5.94. The number of benzene rings is 1. The molecule has 4 heterocycles. The molecule has 1 N–H and O–H groups in total. The van der Waals surface area contributed by atoms with Gasteiger partial charge in [-0.3, -0.25) is 4.79 Å². The van der Waals surface area contributed by atoms with Gasteiger partial charge in [0.15, 0.2) is 5.82 Å². The van der Waals surface area contributed by atoms with Gasteiger partial charge in [0.1, 0.15) is 11.8 Å². The molecule has 1 atom stereocenters. The number of hydrogen-bond acceptors (Lipinski definition) is 5. The standard InChI is InChI=1S/C21H19N5O2/c27-21(16-7-11-28-14-16)23-17-6-9-25(13-17)20-19-12-18(15-4-2-1-3-5-15)24-26(19)10-8-22-20/h1-5,7-8,10-12,14,17H,6,9,13H2,(H,23,27)/t17-/m1/s1. The number of fused-ring (bicyclic) bond motifs is 1. The van der Waals surface area contributed by atoms with Crippen molar-refractivity contribution in [3.63, 3.8) is 0 Å². The second kappa shape index (κ2) is 6.84. The minimum Gasteiger partial charge on any atom is -0.472 e. The van der Waals surface area contributed by atoms with Crippen molar-refractivity contribution in [3.05, 3.63) is 72.9 Å². The quantitative estimate of drug-likeness (QED) is 0.595. The molecule has 0 aliphatic carbocycles. The lowest BCUT2D eigenvalue weighted by Gasteiger charge is -2.18. The van der Waals surface area contributed by atoms with Crippen molar-refractivity contribution >= 4 is 17.2 Å². The van der Waals surface area contributed by atoms with Gasteiger partial charge in [-0.15, -0.1) is 0 Å². The largest absolute Gasteiger partial charge is 0.472 e. The van der Waals surface area contributed by atoms with Crippen LogP contribution in [0, 0.1) is 0 Å². The number of nitrogens with zero attached hydrogens (tertiary/aromatic N) is 4. The third kappa shape index (κ3) is 3.00. The van der Waals surface area contributed by atoms with Crippen LogP contribution in [-0.4, -0.2) is 39.6 Å². The number of nitrogens with one attached hydrogen (secondary N) is 1. The van der Waals surface area contributed by atoms with Crippen molar-refractivity contribution in [1.82, 2.24) is 19.9 Å². The minimum absolute atomic E-state index is 0.0703. The summed E-state index contributed by atoms with van der Waals surface area (Å²) >= 11 is 0. The van der Waals surface area contributed by atoms with E-state index in [9.17, 15) is 4.79 Å². The molecule has 0 radical (unpaired) electrons. The summed E-state index contributed by atoms with van der Waals surface area (Å²) in [4.78, 5) is 19.1. The lowest BCUT2D eigenvalue weighted by Crippen LogP contribution is -2.37. The van der Waals surface area contributed by atoms with Crippen LogP contribution in [0.25, 0.3) is 16.8 Å². The fraction of sp³-hybridized carbons (Fsp3) is 0.190. The Labute approximate surface area is 161 Å².